The standard InChI is InChI=1S/C21H35F2N3O3/c1-5-24-21(26-14-17(9-10-27)11-15(3)4)25-13-16-7-8-18(29-20(22)23)19(12-16)28-6-2/h7-8,12,15,17,20,27H,5-6,9-11,13-14H2,1-4H3,(H2,24,25,26). The Bertz CT molecular complexity index is 613. The Morgan fingerprint density at radius 3 is 2.52 bits per heavy atom. The van der Waals surface area contributed by atoms with Crippen LogP contribution in [0.15, 0.2) is 23.2 Å². The van der Waals surface area contributed by atoms with E-state index >= 15 is 0 Å². The van der Waals surface area contributed by atoms with E-state index in [1.165, 1.54) is 6.07 Å². The summed E-state index contributed by atoms with van der Waals surface area (Å²) in [4.78, 5) is 4.57. The molecule has 1 aromatic carbocycles. The van der Waals surface area contributed by atoms with Gasteiger partial charge >= 0.3 is 6.61 Å². The van der Waals surface area contributed by atoms with Crippen molar-refractivity contribution in [2.75, 3.05) is 26.3 Å². The average molecular weight is 416 g/mol. The summed E-state index contributed by atoms with van der Waals surface area (Å²) in [5.74, 6) is 1.88. The van der Waals surface area contributed by atoms with Crippen molar-refractivity contribution in [2.24, 2.45) is 16.8 Å². The Kier molecular flexibility index (Phi) is 12.0. The number of nitrogens with one attached hydrogen (secondary N) is 2. The smallest absolute Gasteiger partial charge is 0.387 e. The molecule has 0 amide bonds. The molecule has 166 valence electrons. The third-order valence-corrected chi connectivity index (χ3v) is 4.19. The molecule has 1 atom stereocenters. The zero-order valence-electron chi connectivity index (χ0n) is 17.9. The average Bonchev–Trinajstić information content (AvgIpc) is 2.65. The van der Waals surface area contributed by atoms with Crippen LogP contribution in [0.5, 0.6) is 11.5 Å². The molecule has 3 N–H and O–H groups in total. The molecule has 0 fully saturated rings. The Morgan fingerprint density at radius 1 is 1.17 bits per heavy atom. The van der Waals surface area contributed by atoms with Crippen LogP contribution >= 0.6 is 0 Å². The van der Waals surface area contributed by atoms with Gasteiger partial charge in [-0.05, 0) is 56.2 Å². The first-order valence-corrected chi connectivity index (χ1v) is 10.2. The fourth-order valence-corrected chi connectivity index (χ4v) is 3.02. The van der Waals surface area contributed by atoms with E-state index in [0.29, 0.717) is 37.5 Å². The van der Waals surface area contributed by atoms with E-state index in [4.69, 9.17) is 4.74 Å². The van der Waals surface area contributed by atoms with Gasteiger partial charge in [0.2, 0.25) is 0 Å². The Hall–Kier alpha value is -2.09. The maximum Gasteiger partial charge on any atom is 0.387 e. The van der Waals surface area contributed by atoms with Gasteiger partial charge in [-0.15, -0.1) is 0 Å². The van der Waals surface area contributed by atoms with Gasteiger partial charge < -0.3 is 25.2 Å². The van der Waals surface area contributed by atoms with Gasteiger partial charge in [0.25, 0.3) is 0 Å². The van der Waals surface area contributed by atoms with Gasteiger partial charge in [-0.25, -0.2) is 4.99 Å². The second kappa shape index (κ2) is 14.0. The van der Waals surface area contributed by atoms with Crippen molar-refractivity contribution < 1.29 is 23.4 Å². The highest BCUT2D eigenvalue weighted by Gasteiger charge is 2.13. The fourth-order valence-electron chi connectivity index (χ4n) is 3.02. The minimum atomic E-state index is -2.90. The van der Waals surface area contributed by atoms with E-state index in [0.717, 1.165) is 24.9 Å². The van der Waals surface area contributed by atoms with Crippen LogP contribution in [0.2, 0.25) is 0 Å². The van der Waals surface area contributed by atoms with Crippen molar-refractivity contribution in [2.45, 2.75) is 53.7 Å². The molecule has 0 spiro atoms. The van der Waals surface area contributed by atoms with Gasteiger partial charge in [-0.2, -0.15) is 8.78 Å². The molecule has 8 heteroatoms. The molecule has 0 aliphatic heterocycles. The van der Waals surface area contributed by atoms with Crippen LogP contribution in [-0.2, 0) is 6.54 Å². The second-order valence-electron chi connectivity index (χ2n) is 7.18. The minimum Gasteiger partial charge on any atom is -0.490 e. The first-order valence-electron chi connectivity index (χ1n) is 10.2. The maximum atomic E-state index is 12.5. The Morgan fingerprint density at radius 2 is 1.93 bits per heavy atom. The maximum absolute atomic E-state index is 12.5. The zero-order chi connectivity index (χ0) is 21.6. The highest BCUT2D eigenvalue weighted by molar-refractivity contribution is 5.79. The van der Waals surface area contributed by atoms with Gasteiger partial charge in [0.15, 0.2) is 17.5 Å². The van der Waals surface area contributed by atoms with Crippen LogP contribution in [0.4, 0.5) is 8.78 Å². The monoisotopic (exact) mass is 415 g/mol. The molecule has 29 heavy (non-hydrogen) atoms. The van der Waals surface area contributed by atoms with Crippen LogP contribution in [-0.4, -0.2) is 44.0 Å². The molecule has 0 bridgehead atoms. The number of ether oxygens (including phenoxy) is 2. The number of aliphatic hydroxyl groups excluding tert-OH is 1. The highest BCUT2D eigenvalue weighted by Crippen LogP contribution is 2.30. The van der Waals surface area contributed by atoms with Crippen molar-refractivity contribution in [1.82, 2.24) is 10.6 Å². The van der Waals surface area contributed by atoms with Gasteiger partial charge in [0.05, 0.1) is 13.2 Å². The largest absolute Gasteiger partial charge is 0.490 e. The number of alkyl halides is 2. The van der Waals surface area contributed by atoms with Gasteiger partial charge in [0, 0.05) is 19.7 Å². The number of nitrogens with zero attached hydrogens (tertiary/aromatic N) is 1. The number of hydrogen-bond donors (Lipinski definition) is 3. The lowest BCUT2D eigenvalue weighted by Gasteiger charge is -2.20. The third-order valence-electron chi connectivity index (χ3n) is 4.19. The summed E-state index contributed by atoms with van der Waals surface area (Å²) in [6, 6.07) is 4.84. The molecule has 0 aliphatic rings. The highest BCUT2D eigenvalue weighted by atomic mass is 19.3. The summed E-state index contributed by atoms with van der Waals surface area (Å²) in [6.07, 6.45) is 1.77. The van der Waals surface area contributed by atoms with Crippen LogP contribution in [0.25, 0.3) is 0 Å². The minimum absolute atomic E-state index is 0.0140. The number of benzene rings is 1. The summed E-state index contributed by atoms with van der Waals surface area (Å²) in [5, 5.41) is 15.8. The lowest BCUT2D eigenvalue weighted by atomic mass is 9.94. The van der Waals surface area contributed by atoms with Gasteiger partial charge in [-0.3, -0.25) is 0 Å². The zero-order valence-corrected chi connectivity index (χ0v) is 17.9. The first kappa shape index (κ1) is 24.9. The van der Waals surface area contributed by atoms with E-state index in [9.17, 15) is 13.9 Å². The predicted molar refractivity (Wildman–Crippen MR) is 112 cm³/mol. The molecular weight excluding hydrogens is 380 g/mol. The molecule has 1 aromatic rings. The van der Waals surface area contributed by atoms with Crippen molar-refractivity contribution in [3.05, 3.63) is 23.8 Å². The van der Waals surface area contributed by atoms with Crippen LogP contribution in [0, 0.1) is 11.8 Å². The number of aliphatic hydroxyl groups is 1. The molecule has 0 aliphatic carbocycles. The summed E-state index contributed by atoms with van der Waals surface area (Å²) in [7, 11) is 0. The number of guanidine groups is 1. The van der Waals surface area contributed by atoms with Crippen LogP contribution in [0.3, 0.4) is 0 Å². The number of aliphatic imine (C=N–C) groups is 1. The Balaban J connectivity index is 2.82. The summed E-state index contributed by atoms with van der Waals surface area (Å²) in [6.45, 7) is 7.51. The van der Waals surface area contributed by atoms with Crippen LogP contribution < -0.4 is 20.1 Å². The van der Waals surface area contributed by atoms with E-state index < -0.39 is 6.61 Å². The number of halogens is 2. The summed E-state index contributed by atoms with van der Waals surface area (Å²) < 4.78 is 35.0. The van der Waals surface area contributed by atoms with E-state index in [1.807, 2.05) is 6.92 Å². The molecule has 0 heterocycles. The lowest BCUT2D eigenvalue weighted by molar-refractivity contribution is -0.0514. The van der Waals surface area contributed by atoms with Crippen molar-refractivity contribution in [3.63, 3.8) is 0 Å². The molecule has 0 saturated heterocycles. The Labute approximate surface area is 172 Å². The number of hydrogen-bond acceptors (Lipinski definition) is 4. The predicted octanol–water partition coefficient (Wildman–Crippen LogP) is 3.79. The summed E-state index contributed by atoms with van der Waals surface area (Å²) >= 11 is 0. The molecule has 1 rings (SSSR count). The lowest BCUT2D eigenvalue weighted by Crippen LogP contribution is -2.40. The normalized spacial score (nSPS) is 12.9. The quantitative estimate of drug-likeness (QED) is 0.338. The number of rotatable bonds is 13. The molecule has 1 unspecified atom stereocenters. The van der Waals surface area contributed by atoms with E-state index in [2.05, 4.69) is 34.2 Å². The molecule has 0 saturated carbocycles. The summed E-state index contributed by atoms with van der Waals surface area (Å²) in [5.41, 5.74) is 0.821. The van der Waals surface area contributed by atoms with E-state index in [-0.39, 0.29) is 18.1 Å². The third kappa shape index (κ3) is 10.3. The van der Waals surface area contributed by atoms with Crippen molar-refractivity contribution in [1.29, 1.82) is 0 Å². The van der Waals surface area contributed by atoms with Gasteiger partial charge in [-0.1, -0.05) is 19.9 Å². The second-order valence-corrected chi connectivity index (χ2v) is 7.18. The van der Waals surface area contributed by atoms with Crippen molar-refractivity contribution >= 4 is 5.96 Å². The van der Waals surface area contributed by atoms with Gasteiger partial charge in [0.1, 0.15) is 0 Å². The molecule has 0 radical (unpaired) electrons. The topological polar surface area (TPSA) is 75.1 Å². The molecule has 0 aromatic heterocycles. The van der Waals surface area contributed by atoms with E-state index in [1.54, 1.807) is 19.1 Å². The molecule has 6 nitrogen and oxygen atoms in total. The molecular formula is C21H35F2N3O3. The SMILES string of the molecule is CCNC(=NCc1ccc(OC(F)F)c(OCC)c1)NCC(CCO)CC(C)C. The fraction of sp³-hybridized carbons (Fsp3) is 0.667. The first-order chi connectivity index (χ1) is 13.9. The van der Waals surface area contributed by atoms with Crippen molar-refractivity contribution in [3.8, 4) is 11.5 Å². The van der Waals surface area contributed by atoms with Crippen LogP contribution in [0.1, 0.15) is 46.1 Å².